The van der Waals surface area contributed by atoms with Crippen LogP contribution in [0.1, 0.15) is 33.1 Å². The number of carbonyl (C=O) groups excluding carboxylic acids is 2. The minimum absolute atomic E-state index is 0.00857. The minimum atomic E-state index is -0.926. The first-order chi connectivity index (χ1) is 11.5. The molecule has 2 amide bonds. The number of β-amino-alcohol motifs (C(OH)–C–C–N with tert-alkyl or cyclic N) is 1. The van der Waals surface area contributed by atoms with Crippen LogP contribution in [0.4, 0.5) is 0 Å². The third kappa shape index (κ3) is 3.70. The molecule has 0 aliphatic carbocycles. The number of nitrogens with zero attached hydrogens (tertiary/aromatic N) is 1. The average molecular weight is 335 g/mol. The summed E-state index contributed by atoms with van der Waals surface area (Å²) in [6, 6.07) is 6.98. The molecule has 0 spiro atoms. The molecule has 1 heterocycles. The molecule has 2 rings (SSSR count). The molecule has 6 nitrogen and oxygen atoms in total. The summed E-state index contributed by atoms with van der Waals surface area (Å²) in [4.78, 5) is 25.8. The van der Waals surface area contributed by atoms with Crippen LogP contribution in [0.3, 0.4) is 0 Å². The molecule has 24 heavy (non-hydrogen) atoms. The first-order valence-electron chi connectivity index (χ1n) is 8.25. The fourth-order valence-electron chi connectivity index (χ4n) is 2.98. The number of hydrogen-bond donors (Lipinski definition) is 1. The summed E-state index contributed by atoms with van der Waals surface area (Å²) in [5.41, 5.74) is -0.604. The van der Waals surface area contributed by atoms with Crippen LogP contribution >= 0.6 is 0 Å². The van der Waals surface area contributed by atoms with Crippen molar-refractivity contribution in [1.29, 1.82) is 0 Å². The Kier molecular flexibility index (Phi) is 5.83. The molecule has 1 aromatic carbocycles. The number of carbonyl (C=O) groups is 2. The van der Waals surface area contributed by atoms with Crippen LogP contribution in [0, 0.1) is 5.41 Å². The van der Waals surface area contributed by atoms with Gasteiger partial charge in [-0.2, -0.15) is 0 Å². The van der Waals surface area contributed by atoms with Crippen molar-refractivity contribution in [2.24, 2.45) is 5.41 Å². The Morgan fingerprint density at radius 2 is 1.75 bits per heavy atom. The van der Waals surface area contributed by atoms with Crippen LogP contribution in [0.2, 0.25) is 0 Å². The molecule has 1 unspecified atom stereocenters. The molecule has 0 radical (unpaired) electrons. The highest BCUT2D eigenvalue weighted by atomic mass is 16.5. The number of ether oxygens (including phenoxy) is 2. The summed E-state index contributed by atoms with van der Waals surface area (Å²) in [6.45, 7) is 3.81. The lowest BCUT2D eigenvalue weighted by atomic mass is 9.81. The van der Waals surface area contributed by atoms with Crippen molar-refractivity contribution in [2.75, 3.05) is 20.3 Å². The van der Waals surface area contributed by atoms with Crippen molar-refractivity contribution in [3.63, 3.8) is 0 Å². The molecule has 1 saturated heterocycles. The van der Waals surface area contributed by atoms with Gasteiger partial charge < -0.3 is 14.6 Å². The molecular weight excluding hydrogens is 310 g/mol. The molecular formula is C18H25NO5. The summed E-state index contributed by atoms with van der Waals surface area (Å²) in [5.74, 6) is 0.908. The summed E-state index contributed by atoms with van der Waals surface area (Å²) in [7, 11) is 1.58. The Morgan fingerprint density at radius 3 is 2.25 bits per heavy atom. The largest absolute Gasteiger partial charge is 0.497 e. The fourth-order valence-corrected chi connectivity index (χ4v) is 2.98. The Bertz CT molecular complexity index is 580. The molecule has 6 heteroatoms. The highest BCUT2D eigenvalue weighted by Gasteiger charge is 2.49. The van der Waals surface area contributed by atoms with Gasteiger partial charge in [0.15, 0.2) is 0 Å². The predicted molar refractivity (Wildman–Crippen MR) is 88.8 cm³/mol. The van der Waals surface area contributed by atoms with Crippen LogP contribution in [-0.4, -0.2) is 48.2 Å². The van der Waals surface area contributed by atoms with E-state index in [0.29, 0.717) is 24.3 Å². The van der Waals surface area contributed by atoms with E-state index in [4.69, 9.17) is 9.47 Å². The highest BCUT2D eigenvalue weighted by Crippen LogP contribution is 2.39. The maximum absolute atomic E-state index is 12.5. The van der Waals surface area contributed by atoms with Gasteiger partial charge in [-0.3, -0.25) is 14.5 Å². The lowest BCUT2D eigenvalue weighted by Crippen LogP contribution is -2.41. The number of imide groups is 1. The number of aliphatic hydroxyl groups excluding tert-OH is 1. The van der Waals surface area contributed by atoms with Gasteiger partial charge in [-0.05, 0) is 37.1 Å². The van der Waals surface area contributed by atoms with E-state index in [1.165, 1.54) is 4.90 Å². The average Bonchev–Trinajstić information content (AvgIpc) is 2.85. The number of aliphatic hydroxyl groups is 1. The van der Waals surface area contributed by atoms with Gasteiger partial charge in [0.05, 0.1) is 19.1 Å². The molecule has 0 aromatic heterocycles. The Labute approximate surface area is 142 Å². The maximum atomic E-state index is 12.5. The van der Waals surface area contributed by atoms with Crippen LogP contribution in [0.25, 0.3) is 0 Å². The van der Waals surface area contributed by atoms with Crippen molar-refractivity contribution in [1.82, 2.24) is 4.90 Å². The van der Waals surface area contributed by atoms with E-state index in [1.807, 2.05) is 13.8 Å². The topological polar surface area (TPSA) is 76.1 Å². The lowest BCUT2D eigenvalue weighted by Gasteiger charge is -2.24. The van der Waals surface area contributed by atoms with Crippen LogP contribution in [-0.2, 0) is 9.59 Å². The van der Waals surface area contributed by atoms with Crippen LogP contribution < -0.4 is 9.47 Å². The molecule has 1 aliphatic rings. The Morgan fingerprint density at radius 1 is 1.17 bits per heavy atom. The van der Waals surface area contributed by atoms with Crippen molar-refractivity contribution in [3.05, 3.63) is 24.3 Å². The first kappa shape index (κ1) is 18.3. The van der Waals surface area contributed by atoms with E-state index in [2.05, 4.69) is 0 Å². The van der Waals surface area contributed by atoms with E-state index < -0.39 is 11.5 Å². The Hall–Kier alpha value is -2.08. The van der Waals surface area contributed by atoms with Gasteiger partial charge in [0.25, 0.3) is 0 Å². The second kappa shape index (κ2) is 7.66. The highest BCUT2D eigenvalue weighted by molar-refractivity contribution is 6.05. The van der Waals surface area contributed by atoms with Crippen molar-refractivity contribution < 1.29 is 24.2 Å². The third-order valence-electron chi connectivity index (χ3n) is 4.74. The van der Waals surface area contributed by atoms with Crippen molar-refractivity contribution >= 4 is 11.8 Å². The molecule has 0 bridgehead atoms. The standard InChI is InChI=1S/C18H25NO5/c1-4-18(5-2)10-16(21)19(17(18)22)11-13(20)12-24-15-8-6-14(23-3)7-9-15/h6-9,13,20H,4-5,10-12H2,1-3H3. The number of hydrogen-bond acceptors (Lipinski definition) is 5. The zero-order valence-electron chi connectivity index (χ0n) is 14.4. The van der Waals surface area contributed by atoms with E-state index >= 15 is 0 Å². The van der Waals surface area contributed by atoms with Gasteiger partial charge in [0.2, 0.25) is 11.8 Å². The zero-order valence-corrected chi connectivity index (χ0v) is 14.4. The molecule has 1 fully saturated rings. The summed E-state index contributed by atoms with van der Waals surface area (Å²) in [6.07, 6.45) is 0.557. The number of amides is 2. The summed E-state index contributed by atoms with van der Waals surface area (Å²) in [5, 5.41) is 10.1. The van der Waals surface area contributed by atoms with Gasteiger partial charge in [-0.15, -0.1) is 0 Å². The quantitative estimate of drug-likeness (QED) is 0.735. The van der Waals surface area contributed by atoms with Gasteiger partial charge in [0, 0.05) is 6.42 Å². The fraction of sp³-hybridized carbons (Fsp3) is 0.556. The number of benzene rings is 1. The SMILES string of the molecule is CCC1(CC)CC(=O)N(CC(O)COc2ccc(OC)cc2)C1=O. The predicted octanol–water partition coefficient (Wildman–Crippen LogP) is 2.00. The smallest absolute Gasteiger partial charge is 0.235 e. The van der Waals surface area contributed by atoms with Gasteiger partial charge in [-0.1, -0.05) is 13.8 Å². The van der Waals surface area contributed by atoms with E-state index in [1.54, 1.807) is 31.4 Å². The Balaban J connectivity index is 1.90. The molecule has 1 aromatic rings. The van der Waals surface area contributed by atoms with Crippen molar-refractivity contribution in [3.8, 4) is 11.5 Å². The zero-order chi connectivity index (χ0) is 17.7. The molecule has 132 valence electrons. The number of methoxy groups -OCH3 is 1. The molecule has 1 aliphatic heterocycles. The normalized spacial score (nSPS) is 17.9. The first-order valence-corrected chi connectivity index (χ1v) is 8.25. The molecule has 1 atom stereocenters. The van der Waals surface area contributed by atoms with Gasteiger partial charge >= 0.3 is 0 Å². The van der Waals surface area contributed by atoms with Crippen molar-refractivity contribution in [2.45, 2.75) is 39.2 Å². The van der Waals surface area contributed by atoms with Crippen LogP contribution in [0.15, 0.2) is 24.3 Å². The van der Waals surface area contributed by atoms with Gasteiger partial charge in [0.1, 0.15) is 24.2 Å². The van der Waals surface area contributed by atoms with E-state index in [9.17, 15) is 14.7 Å². The second-order valence-electron chi connectivity index (χ2n) is 6.11. The maximum Gasteiger partial charge on any atom is 0.235 e. The lowest BCUT2D eigenvalue weighted by molar-refractivity contribution is -0.143. The summed E-state index contributed by atoms with van der Waals surface area (Å²) < 4.78 is 10.6. The molecule has 1 N–H and O–H groups in total. The minimum Gasteiger partial charge on any atom is -0.497 e. The summed E-state index contributed by atoms with van der Waals surface area (Å²) >= 11 is 0. The van der Waals surface area contributed by atoms with Crippen LogP contribution in [0.5, 0.6) is 11.5 Å². The monoisotopic (exact) mass is 335 g/mol. The van der Waals surface area contributed by atoms with E-state index in [0.717, 1.165) is 0 Å². The second-order valence-corrected chi connectivity index (χ2v) is 6.11. The van der Waals surface area contributed by atoms with E-state index in [-0.39, 0.29) is 31.4 Å². The van der Waals surface area contributed by atoms with Gasteiger partial charge in [-0.25, -0.2) is 0 Å². The number of rotatable bonds is 8. The molecule has 0 saturated carbocycles. The number of likely N-dealkylation sites (tertiary alicyclic amines) is 1. The third-order valence-corrected chi connectivity index (χ3v) is 4.74.